The Bertz CT molecular complexity index is 850. The fourth-order valence-corrected chi connectivity index (χ4v) is 2.25. The number of carbonyl (C=O) groups is 2. The molecular formula is C18H18N2O6. The van der Waals surface area contributed by atoms with Crippen LogP contribution in [0.1, 0.15) is 22.8 Å². The van der Waals surface area contributed by atoms with E-state index >= 15 is 0 Å². The molecule has 0 saturated heterocycles. The van der Waals surface area contributed by atoms with Crippen LogP contribution in [-0.4, -0.2) is 30.3 Å². The molecule has 0 aliphatic heterocycles. The van der Waals surface area contributed by atoms with Gasteiger partial charge in [0.1, 0.15) is 12.0 Å². The Kier molecular flexibility index (Phi) is 5.90. The Morgan fingerprint density at radius 2 is 1.92 bits per heavy atom. The topological polar surface area (TPSA) is 108 Å². The summed E-state index contributed by atoms with van der Waals surface area (Å²) >= 11 is 0. The molecule has 26 heavy (non-hydrogen) atoms. The van der Waals surface area contributed by atoms with Crippen LogP contribution in [0, 0.1) is 17.0 Å². The summed E-state index contributed by atoms with van der Waals surface area (Å²) in [6.45, 7) is 3.34. The lowest BCUT2D eigenvalue weighted by atomic mass is 10.2. The fraction of sp³-hybridized carbons (Fsp3) is 0.222. The van der Waals surface area contributed by atoms with Gasteiger partial charge in [0, 0.05) is 11.6 Å². The summed E-state index contributed by atoms with van der Waals surface area (Å²) in [5.74, 6) is -0.111. The van der Waals surface area contributed by atoms with Crippen molar-refractivity contribution in [3.05, 3.63) is 57.6 Å². The largest absolute Gasteiger partial charge is 0.495 e. The lowest BCUT2D eigenvalue weighted by molar-refractivity contribution is -0.386. The molecule has 136 valence electrons. The first-order valence-electron chi connectivity index (χ1n) is 7.71. The number of carbonyl (C=O) groups excluding carboxylic acids is 2. The number of benzene rings is 2. The molecule has 0 unspecified atom stereocenters. The van der Waals surface area contributed by atoms with E-state index in [0.29, 0.717) is 17.7 Å². The maximum atomic E-state index is 12.4. The number of anilines is 1. The summed E-state index contributed by atoms with van der Waals surface area (Å²) in [7, 11) is 1.48. The van der Waals surface area contributed by atoms with Crippen molar-refractivity contribution in [1.82, 2.24) is 0 Å². The summed E-state index contributed by atoms with van der Waals surface area (Å²) in [6.07, 6.45) is -0.516. The van der Waals surface area contributed by atoms with E-state index in [2.05, 4.69) is 5.32 Å². The maximum Gasteiger partial charge on any atom is 0.311 e. The van der Waals surface area contributed by atoms with Crippen molar-refractivity contribution in [2.45, 2.75) is 20.0 Å². The van der Waals surface area contributed by atoms with Crippen LogP contribution in [-0.2, 0) is 4.79 Å². The third-order valence-electron chi connectivity index (χ3n) is 3.60. The lowest BCUT2D eigenvalue weighted by Crippen LogP contribution is -2.30. The lowest BCUT2D eigenvalue weighted by Gasteiger charge is -2.16. The molecule has 2 rings (SSSR count). The molecule has 0 aliphatic carbocycles. The third kappa shape index (κ3) is 4.35. The van der Waals surface area contributed by atoms with Crippen molar-refractivity contribution in [1.29, 1.82) is 0 Å². The minimum Gasteiger partial charge on any atom is -0.495 e. The molecule has 0 saturated carbocycles. The summed E-state index contributed by atoms with van der Waals surface area (Å²) in [6, 6.07) is 9.07. The van der Waals surface area contributed by atoms with Crippen LogP contribution in [0.2, 0.25) is 0 Å². The molecule has 0 bridgehead atoms. The van der Waals surface area contributed by atoms with Gasteiger partial charge in [-0.3, -0.25) is 19.7 Å². The van der Waals surface area contributed by atoms with Crippen molar-refractivity contribution in [3.8, 4) is 11.5 Å². The average Bonchev–Trinajstić information content (AvgIpc) is 2.62. The zero-order valence-corrected chi connectivity index (χ0v) is 14.5. The Morgan fingerprint density at radius 1 is 1.23 bits per heavy atom. The van der Waals surface area contributed by atoms with Gasteiger partial charge in [-0.1, -0.05) is 6.07 Å². The minimum atomic E-state index is -1.01. The van der Waals surface area contributed by atoms with Gasteiger partial charge in [0.15, 0.2) is 11.9 Å². The van der Waals surface area contributed by atoms with Gasteiger partial charge in [0.25, 0.3) is 5.91 Å². The van der Waals surface area contributed by atoms with Crippen molar-refractivity contribution >= 4 is 23.6 Å². The van der Waals surface area contributed by atoms with E-state index in [4.69, 9.17) is 9.47 Å². The summed E-state index contributed by atoms with van der Waals surface area (Å²) in [5.41, 5.74) is 1.15. The Morgan fingerprint density at radius 3 is 2.54 bits per heavy atom. The molecule has 0 radical (unpaired) electrons. The minimum absolute atomic E-state index is 0.0977. The molecule has 0 heterocycles. The molecule has 2 aromatic rings. The van der Waals surface area contributed by atoms with Crippen molar-refractivity contribution in [2.75, 3.05) is 12.4 Å². The fourth-order valence-electron chi connectivity index (χ4n) is 2.25. The predicted octanol–water partition coefficient (Wildman–Crippen LogP) is 3.13. The summed E-state index contributed by atoms with van der Waals surface area (Å²) < 4.78 is 10.6. The molecule has 0 spiro atoms. The van der Waals surface area contributed by atoms with Gasteiger partial charge in [0.2, 0.25) is 0 Å². The summed E-state index contributed by atoms with van der Waals surface area (Å²) in [5, 5.41) is 13.8. The van der Waals surface area contributed by atoms with Gasteiger partial charge >= 0.3 is 5.69 Å². The highest BCUT2D eigenvalue weighted by atomic mass is 16.6. The van der Waals surface area contributed by atoms with E-state index in [-0.39, 0.29) is 17.0 Å². The molecule has 0 fully saturated rings. The van der Waals surface area contributed by atoms with Crippen LogP contribution in [0.15, 0.2) is 36.4 Å². The molecule has 0 aromatic heterocycles. The number of rotatable bonds is 7. The number of nitro benzene ring substituents is 1. The van der Waals surface area contributed by atoms with E-state index in [1.807, 2.05) is 13.0 Å². The van der Waals surface area contributed by atoms with E-state index in [0.717, 1.165) is 11.6 Å². The SMILES string of the molecule is COc1ccc(C)cc1NC(=O)[C@H](C)Oc1ccc(C=O)cc1[N+](=O)[O-]. The predicted molar refractivity (Wildman–Crippen MR) is 94.9 cm³/mol. The zero-order chi connectivity index (χ0) is 19.3. The van der Waals surface area contributed by atoms with E-state index in [9.17, 15) is 19.7 Å². The Hall–Kier alpha value is -3.42. The summed E-state index contributed by atoms with van der Waals surface area (Å²) in [4.78, 5) is 33.6. The highest BCUT2D eigenvalue weighted by Crippen LogP contribution is 2.29. The number of methoxy groups -OCH3 is 1. The van der Waals surface area contributed by atoms with Crippen molar-refractivity contribution in [3.63, 3.8) is 0 Å². The second kappa shape index (κ2) is 8.11. The van der Waals surface area contributed by atoms with E-state index in [1.54, 1.807) is 12.1 Å². The monoisotopic (exact) mass is 358 g/mol. The highest BCUT2D eigenvalue weighted by Gasteiger charge is 2.22. The molecule has 1 N–H and O–H groups in total. The molecule has 1 atom stereocenters. The number of hydrogen-bond donors (Lipinski definition) is 1. The second-order valence-electron chi connectivity index (χ2n) is 5.56. The van der Waals surface area contributed by atoms with Gasteiger partial charge < -0.3 is 14.8 Å². The zero-order valence-electron chi connectivity index (χ0n) is 14.5. The van der Waals surface area contributed by atoms with Gasteiger partial charge in [-0.25, -0.2) is 0 Å². The van der Waals surface area contributed by atoms with Gasteiger partial charge in [-0.2, -0.15) is 0 Å². The Labute approximate surface area is 149 Å². The number of nitro groups is 1. The Balaban J connectivity index is 2.19. The van der Waals surface area contributed by atoms with Crippen LogP contribution in [0.3, 0.4) is 0 Å². The quantitative estimate of drug-likeness (QED) is 0.463. The molecule has 8 nitrogen and oxygen atoms in total. The van der Waals surface area contributed by atoms with Crippen LogP contribution in [0.4, 0.5) is 11.4 Å². The first-order valence-corrected chi connectivity index (χ1v) is 7.71. The molecule has 0 aliphatic rings. The third-order valence-corrected chi connectivity index (χ3v) is 3.60. The number of hydrogen-bond acceptors (Lipinski definition) is 6. The second-order valence-corrected chi connectivity index (χ2v) is 5.56. The number of aldehydes is 1. The van der Waals surface area contributed by atoms with Gasteiger partial charge in [-0.15, -0.1) is 0 Å². The van der Waals surface area contributed by atoms with Crippen molar-refractivity contribution in [2.24, 2.45) is 0 Å². The van der Waals surface area contributed by atoms with Gasteiger partial charge in [-0.05, 0) is 43.7 Å². The van der Waals surface area contributed by atoms with E-state index < -0.39 is 16.9 Å². The standard InChI is InChI=1S/C18H18N2O6/c1-11-4-6-16(25-3)14(8-11)19-18(22)12(2)26-17-7-5-13(10-21)9-15(17)20(23)24/h4-10,12H,1-3H3,(H,19,22)/t12-/m0/s1. The number of nitrogens with one attached hydrogen (secondary N) is 1. The first-order chi connectivity index (χ1) is 12.3. The number of ether oxygens (including phenoxy) is 2. The molecule has 2 aromatic carbocycles. The molecule has 8 heteroatoms. The molecular weight excluding hydrogens is 340 g/mol. The normalized spacial score (nSPS) is 11.3. The van der Waals surface area contributed by atoms with Crippen LogP contribution < -0.4 is 14.8 Å². The van der Waals surface area contributed by atoms with Crippen LogP contribution >= 0.6 is 0 Å². The van der Waals surface area contributed by atoms with Crippen LogP contribution in [0.25, 0.3) is 0 Å². The maximum absolute atomic E-state index is 12.4. The van der Waals surface area contributed by atoms with E-state index in [1.165, 1.54) is 26.2 Å². The highest BCUT2D eigenvalue weighted by molar-refractivity contribution is 5.95. The average molecular weight is 358 g/mol. The number of aryl methyl sites for hydroxylation is 1. The van der Waals surface area contributed by atoms with Crippen molar-refractivity contribution < 1.29 is 24.0 Å². The number of amides is 1. The van der Waals surface area contributed by atoms with Gasteiger partial charge in [0.05, 0.1) is 17.7 Å². The molecule has 1 amide bonds. The van der Waals surface area contributed by atoms with Crippen LogP contribution in [0.5, 0.6) is 11.5 Å². The number of nitrogens with zero attached hydrogens (tertiary/aromatic N) is 1. The first kappa shape index (κ1) is 18.9. The smallest absolute Gasteiger partial charge is 0.311 e.